The number of hydrazone groups is 1. The van der Waals surface area contributed by atoms with Crippen molar-refractivity contribution in [2.24, 2.45) is 5.10 Å². The highest BCUT2D eigenvalue weighted by Gasteiger charge is 2.27. The van der Waals surface area contributed by atoms with Crippen LogP contribution in [-0.2, 0) is 14.8 Å². The molecule has 0 aliphatic rings. The van der Waals surface area contributed by atoms with Crippen molar-refractivity contribution in [3.63, 3.8) is 0 Å². The summed E-state index contributed by atoms with van der Waals surface area (Å²) in [5, 5.41) is 5.21. The third-order valence-electron chi connectivity index (χ3n) is 5.54. The zero-order valence-electron chi connectivity index (χ0n) is 20.3. The molecular weight excluding hydrogens is 569 g/mol. The molecule has 4 aromatic rings. The van der Waals surface area contributed by atoms with Crippen molar-refractivity contribution in [1.29, 1.82) is 0 Å². The SMILES string of the molecule is Cc1ccc(S(=O)(=O)N(CC(=O)N/N=C\c2ccc(-c3ccc(Cl)cc3Cl)o2)c2ccc(C)c(Cl)c2)cc1. The molecule has 0 saturated carbocycles. The van der Waals surface area contributed by atoms with Crippen LogP contribution in [0.2, 0.25) is 15.1 Å². The van der Waals surface area contributed by atoms with Gasteiger partial charge in [0, 0.05) is 15.6 Å². The van der Waals surface area contributed by atoms with E-state index >= 15 is 0 Å². The largest absolute Gasteiger partial charge is 0.455 e. The monoisotopic (exact) mass is 589 g/mol. The lowest BCUT2D eigenvalue weighted by Gasteiger charge is -2.24. The zero-order valence-corrected chi connectivity index (χ0v) is 23.4. The first-order valence-electron chi connectivity index (χ1n) is 11.3. The zero-order chi connectivity index (χ0) is 27.4. The van der Waals surface area contributed by atoms with Gasteiger partial charge < -0.3 is 4.42 Å². The number of amides is 1. The minimum absolute atomic E-state index is 0.0417. The van der Waals surface area contributed by atoms with E-state index in [1.165, 1.54) is 24.4 Å². The molecule has 1 heterocycles. The third-order valence-corrected chi connectivity index (χ3v) is 8.29. The Morgan fingerprint density at radius 1 is 0.947 bits per heavy atom. The lowest BCUT2D eigenvalue weighted by molar-refractivity contribution is -0.119. The van der Waals surface area contributed by atoms with Crippen molar-refractivity contribution < 1.29 is 17.6 Å². The number of nitrogens with zero attached hydrogens (tertiary/aromatic N) is 2. The van der Waals surface area contributed by atoms with Crippen LogP contribution in [0.3, 0.4) is 0 Å². The van der Waals surface area contributed by atoms with Gasteiger partial charge in [-0.1, -0.05) is 58.6 Å². The summed E-state index contributed by atoms with van der Waals surface area (Å²) in [6.45, 7) is 3.12. The maximum atomic E-state index is 13.5. The number of halogens is 3. The highest BCUT2D eigenvalue weighted by Crippen LogP contribution is 2.31. The predicted molar refractivity (Wildman–Crippen MR) is 152 cm³/mol. The molecule has 1 amide bonds. The van der Waals surface area contributed by atoms with Gasteiger partial charge in [0.15, 0.2) is 0 Å². The Kier molecular flexibility index (Phi) is 8.47. The van der Waals surface area contributed by atoms with Gasteiger partial charge in [0.25, 0.3) is 15.9 Å². The van der Waals surface area contributed by atoms with E-state index in [-0.39, 0.29) is 10.6 Å². The summed E-state index contributed by atoms with van der Waals surface area (Å²) < 4.78 is 33.7. The fourth-order valence-corrected chi connectivity index (χ4v) is 5.57. The van der Waals surface area contributed by atoms with E-state index in [0.717, 1.165) is 15.4 Å². The summed E-state index contributed by atoms with van der Waals surface area (Å²) in [6.07, 6.45) is 1.30. The quantitative estimate of drug-likeness (QED) is 0.179. The number of hydrogen-bond acceptors (Lipinski definition) is 5. The highest BCUT2D eigenvalue weighted by molar-refractivity contribution is 7.92. The van der Waals surface area contributed by atoms with Gasteiger partial charge in [0.05, 0.1) is 21.8 Å². The minimum Gasteiger partial charge on any atom is -0.455 e. The van der Waals surface area contributed by atoms with E-state index < -0.39 is 22.5 Å². The number of aryl methyl sites for hydroxylation is 2. The van der Waals surface area contributed by atoms with Gasteiger partial charge in [-0.05, 0) is 74.0 Å². The Hall–Kier alpha value is -3.30. The predicted octanol–water partition coefficient (Wildman–Crippen LogP) is 6.87. The molecule has 0 bridgehead atoms. The second-order valence-corrected chi connectivity index (χ2v) is 11.5. The maximum Gasteiger partial charge on any atom is 0.264 e. The molecule has 3 aromatic carbocycles. The number of anilines is 1. The first-order valence-corrected chi connectivity index (χ1v) is 13.8. The Labute approximate surface area is 235 Å². The lowest BCUT2D eigenvalue weighted by Crippen LogP contribution is -2.39. The highest BCUT2D eigenvalue weighted by atomic mass is 35.5. The molecule has 11 heteroatoms. The second-order valence-electron chi connectivity index (χ2n) is 8.38. The molecule has 1 N–H and O–H groups in total. The van der Waals surface area contributed by atoms with Gasteiger partial charge >= 0.3 is 0 Å². The van der Waals surface area contributed by atoms with Gasteiger partial charge in [-0.25, -0.2) is 13.8 Å². The number of rotatable bonds is 8. The van der Waals surface area contributed by atoms with Crippen LogP contribution in [0.1, 0.15) is 16.9 Å². The van der Waals surface area contributed by atoms with Crippen LogP contribution in [0.5, 0.6) is 0 Å². The number of carbonyl (C=O) groups is 1. The fourth-order valence-electron chi connectivity index (χ4n) is 3.48. The topological polar surface area (TPSA) is 92.0 Å². The normalized spacial score (nSPS) is 11.6. The molecule has 0 atom stereocenters. The lowest BCUT2D eigenvalue weighted by atomic mass is 10.2. The molecule has 7 nitrogen and oxygen atoms in total. The Balaban J connectivity index is 1.52. The van der Waals surface area contributed by atoms with Crippen molar-refractivity contribution in [1.82, 2.24) is 5.43 Å². The minimum atomic E-state index is -4.09. The summed E-state index contributed by atoms with van der Waals surface area (Å²) >= 11 is 18.4. The molecule has 0 fully saturated rings. The number of nitrogens with one attached hydrogen (secondary N) is 1. The number of furan rings is 1. The van der Waals surface area contributed by atoms with E-state index in [1.807, 2.05) is 6.92 Å². The van der Waals surface area contributed by atoms with Crippen molar-refractivity contribution in [3.05, 3.63) is 105 Å². The van der Waals surface area contributed by atoms with Gasteiger partial charge in [0.1, 0.15) is 18.1 Å². The van der Waals surface area contributed by atoms with Crippen molar-refractivity contribution >= 4 is 62.6 Å². The van der Waals surface area contributed by atoms with Gasteiger partial charge in [0.2, 0.25) is 0 Å². The number of carbonyl (C=O) groups excluding carboxylic acids is 1. The smallest absolute Gasteiger partial charge is 0.264 e. The summed E-state index contributed by atoms with van der Waals surface area (Å²) in [6, 6.07) is 19.5. The van der Waals surface area contributed by atoms with Crippen LogP contribution in [0.15, 0.2) is 87.2 Å². The van der Waals surface area contributed by atoms with Gasteiger partial charge in [-0.15, -0.1) is 0 Å². The molecular formula is C27H22Cl3N3O4S. The fraction of sp³-hybridized carbons (Fsp3) is 0.111. The van der Waals surface area contributed by atoms with Crippen LogP contribution >= 0.6 is 34.8 Å². The molecule has 0 spiro atoms. The first kappa shape index (κ1) is 27.7. The number of sulfonamides is 1. The van der Waals surface area contributed by atoms with Gasteiger partial charge in [-0.2, -0.15) is 5.10 Å². The Morgan fingerprint density at radius 2 is 1.68 bits per heavy atom. The van der Waals surface area contributed by atoms with E-state index in [0.29, 0.717) is 32.2 Å². The van der Waals surface area contributed by atoms with Crippen molar-refractivity contribution in [3.8, 4) is 11.3 Å². The van der Waals surface area contributed by atoms with Crippen LogP contribution in [0.4, 0.5) is 5.69 Å². The average Bonchev–Trinajstić information content (AvgIpc) is 3.33. The molecule has 0 unspecified atom stereocenters. The molecule has 38 heavy (non-hydrogen) atoms. The maximum absolute atomic E-state index is 13.5. The second kappa shape index (κ2) is 11.6. The van der Waals surface area contributed by atoms with E-state index in [9.17, 15) is 13.2 Å². The Bertz CT molecular complexity index is 1620. The van der Waals surface area contributed by atoms with Gasteiger partial charge in [-0.3, -0.25) is 9.10 Å². The van der Waals surface area contributed by atoms with E-state index in [1.54, 1.807) is 61.5 Å². The number of benzene rings is 3. The molecule has 196 valence electrons. The van der Waals surface area contributed by atoms with Crippen molar-refractivity contribution in [2.45, 2.75) is 18.7 Å². The van der Waals surface area contributed by atoms with Crippen LogP contribution in [-0.4, -0.2) is 27.1 Å². The molecule has 0 saturated heterocycles. The summed E-state index contributed by atoms with van der Waals surface area (Å²) in [4.78, 5) is 12.8. The van der Waals surface area contributed by atoms with E-state index in [4.69, 9.17) is 39.2 Å². The molecule has 0 aliphatic carbocycles. The molecule has 0 radical (unpaired) electrons. The summed E-state index contributed by atoms with van der Waals surface area (Å²) in [5.74, 6) is 0.174. The summed E-state index contributed by atoms with van der Waals surface area (Å²) in [7, 11) is -4.09. The standard InChI is InChI=1S/C27H22Cl3N3O4S/c1-17-3-9-22(10-4-17)38(35,36)33(20-7-5-18(2)24(29)14-20)16-27(34)32-31-15-21-8-12-26(37-21)23-11-6-19(28)13-25(23)30/h3-15H,16H2,1-2H3,(H,32,34)/b31-15-. The molecule has 1 aromatic heterocycles. The van der Waals surface area contributed by atoms with Crippen LogP contribution in [0.25, 0.3) is 11.3 Å². The first-order chi connectivity index (χ1) is 18.0. The average molecular weight is 591 g/mol. The summed E-state index contributed by atoms with van der Waals surface area (Å²) in [5.41, 5.74) is 4.91. The molecule has 4 rings (SSSR count). The Morgan fingerprint density at radius 3 is 2.37 bits per heavy atom. The third kappa shape index (κ3) is 6.39. The van der Waals surface area contributed by atoms with E-state index in [2.05, 4.69) is 10.5 Å². The van der Waals surface area contributed by atoms with Crippen LogP contribution in [0, 0.1) is 13.8 Å². The number of hydrogen-bond donors (Lipinski definition) is 1. The van der Waals surface area contributed by atoms with Crippen molar-refractivity contribution in [2.75, 3.05) is 10.8 Å². The molecule has 0 aliphatic heterocycles. The van der Waals surface area contributed by atoms with Crippen LogP contribution < -0.4 is 9.73 Å².